The summed E-state index contributed by atoms with van der Waals surface area (Å²) in [7, 11) is 1.68. The van der Waals surface area contributed by atoms with Gasteiger partial charge in [-0.25, -0.2) is 14.5 Å². The van der Waals surface area contributed by atoms with Crippen LogP contribution in [0.3, 0.4) is 0 Å². The first-order valence-corrected chi connectivity index (χ1v) is 9.28. The molecule has 0 saturated carbocycles. The van der Waals surface area contributed by atoms with Gasteiger partial charge in [0, 0.05) is 31.7 Å². The van der Waals surface area contributed by atoms with Crippen LogP contribution in [0, 0.1) is 0 Å². The lowest BCUT2D eigenvalue weighted by atomic mass is 9.92. The Morgan fingerprint density at radius 2 is 2.19 bits per heavy atom. The minimum atomic E-state index is -0.189. The summed E-state index contributed by atoms with van der Waals surface area (Å²) in [5.74, 6) is 0.846. The number of rotatable bonds is 6. The monoisotopic (exact) mass is 371 g/mol. The molecule has 2 aliphatic heterocycles. The van der Waals surface area contributed by atoms with Crippen LogP contribution in [0.4, 0.5) is 4.79 Å². The van der Waals surface area contributed by atoms with Gasteiger partial charge in [0.15, 0.2) is 0 Å². The molecule has 0 bridgehead atoms. The van der Waals surface area contributed by atoms with E-state index in [0.29, 0.717) is 19.7 Å². The molecule has 144 valence electrons. The Balaban J connectivity index is 1.50. The molecule has 1 aromatic heterocycles. The summed E-state index contributed by atoms with van der Waals surface area (Å²) in [6, 6.07) is 6.28. The third-order valence-corrected chi connectivity index (χ3v) is 5.62. The molecule has 27 heavy (non-hydrogen) atoms. The van der Waals surface area contributed by atoms with Crippen molar-refractivity contribution in [2.24, 2.45) is 0 Å². The van der Waals surface area contributed by atoms with Gasteiger partial charge in [-0.05, 0) is 24.1 Å². The lowest BCUT2D eigenvalue weighted by molar-refractivity contribution is 0.0449. The van der Waals surface area contributed by atoms with Gasteiger partial charge < -0.3 is 9.47 Å². The normalized spacial score (nSPS) is 22.6. The van der Waals surface area contributed by atoms with Crippen molar-refractivity contribution in [2.45, 2.75) is 32.0 Å². The van der Waals surface area contributed by atoms with Gasteiger partial charge in [-0.3, -0.25) is 9.80 Å². The van der Waals surface area contributed by atoms with E-state index in [1.54, 1.807) is 18.1 Å². The number of carbonyl (C=O) groups is 1. The number of methoxy groups -OCH3 is 1. The number of benzene rings is 1. The molecule has 2 aromatic rings. The van der Waals surface area contributed by atoms with Crippen LogP contribution in [0.5, 0.6) is 5.75 Å². The summed E-state index contributed by atoms with van der Waals surface area (Å²) in [6.45, 7) is 6.46. The first-order chi connectivity index (χ1) is 13.1. The Kier molecular flexibility index (Phi) is 4.73. The van der Waals surface area contributed by atoms with Gasteiger partial charge in [-0.2, -0.15) is 5.10 Å². The van der Waals surface area contributed by atoms with Gasteiger partial charge in [-0.1, -0.05) is 13.0 Å². The van der Waals surface area contributed by atoms with E-state index in [9.17, 15) is 4.79 Å². The highest BCUT2D eigenvalue weighted by Crippen LogP contribution is 2.32. The summed E-state index contributed by atoms with van der Waals surface area (Å²) < 4.78 is 12.6. The molecule has 0 aliphatic carbocycles. The molecule has 8 heteroatoms. The van der Waals surface area contributed by atoms with Crippen LogP contribution in [0.15, 0.2) is 30.9 Å². The summed E-state index contributed by atoms with van der Waals surface area (Å²) in [6.07, 6.45) is 3.96. The Morgan fingerprint density at radius 3 is 2.93 bits per heavy atom. The number of fused-ring (bicyclic) bond motifs is 1. The number of aromatic nitrogens is 3. The van der Waals surface area contributed by atoms with Crippen molar-refractivity contribution in [2.75, 3.05) is 33.4 Å². The Bertz CT molecular complexity index is 810. The van der Waals surface area contributed by atoms with E-state index >= 15 is 0 Å². The van der Waals surface area contributed by atoms with Crippen LogP contribution in [-0.2, 0) is 17.8 Å². The van der Waals surface area contributed by atoms with Crippen LogP contribution in [-0.4, -0.2) is 69.5 Å². The maximum atomic E-state index is 12.0. The summed E-state index contributed by atoms with van der Waals surface area (Å²) in [5, 5.41) is 4.18. The van der Waals surface area contributed by atoms with Crippen molar-refractivity contribution in [3.63, 3.8) is 0 Å². The minimum absolute atomic E-state index is 0.170. The van der Waals surface area contributed by atoms with Gasteiger partial charge in [0.2, 0.25) is 0 Å². The maximum Gasteiger partial charge on any atom is 0.410 e. The molecule has 2 aliphatic rings. The first kappa shape index (κ1) is 17.8. The maximum absolute atomic E-state index is 12.0. The molecule has 0 radical (unpaired) electrons. The molecule has 2 fully saturated rings. The molecule has 8 nitrogen and oxygen atoms in total. The largest absolute Gasteiger partial charge is 0.496 e. The average molecular weight is 371 g/mol. The molecule has 1 aromatic carbocycles. The molecule has 0 spiro atoms. The fraction of sp³-hybridized carbons (Fsp3) is 0.526. The molecule has 1 unspecified atom stereocenters. The van der Waals surface area contributed by atoms with Crippen molar-refractivity contribution in [3.05, 3.63) is 42.0 Å². The van der Waals surface area contributed by atoms with Crippen molar-refractivity contribution in [3.8, 4) is 5.75 Å². The third-order valence-electron chi connectivity index (χ3n) is 5.62. The van der Waals surface area contributed by atoms with Crippen LogP contribution < -0.4 is 4.74 Å². The highest BCUT2D eigenvalue weighted by atomic mass is 16.6. The van der Waals surface area contributed by atoms with Gasteiger partial charge in [-0.15, -0.1) is 0 Å². The lowest BCUT2D eigenvalue weighted by Gasteiger charge is -2.44. The molecule has 1 amide bonds. The number of hydrogen-bond acceptors (Lipinski definition) is 6. The summed E-state index contributed by atoms with van der Waals surface area (Å²) in [4.78, 5) is 20.3. The average Bonchev–Trinajstić information content (AvgIpc) is 3.30. The Hall–Kier alpha value is -2.61. The lowest BCUT2D eigenvalue weighted by Crippen LogP contribution is -2.60. The molecule has 2 saturated heterocycles. The second-order valence-corrected chi connectivity index (χ2v) is 7.23. The smallest absolute Gasteiger partial charge is 0.410 e. The molecule has 4 rings (SSSR count). The fourth-order valence-electron chi connectivity index (χ4n) is 4.08. The Labute approximate surface area is 158 Å². The van der Waals surface area contributed by atoms with E-state index in [4.69, 9.17) is 9.47 Å². The van der Waals surface area contributed by atoms with Crippen LogP contribution in [0.2, 0.25) is 0 Å². The van der Waals surface area contributed by atoms with E-state index in [2.05, 4.69) is 34.0 Å². The second kappa shape index (κ2) is 7.19. The van der Waals surface area contributed by atoms with Crippen LogP contribution in [0.25, 0.3) is 0 Å². The van der Waals surface area contributed by atoms with E-state index < -0.39 is 0 Å². The molecule has 3 heterocycles. The number of carbonyl (C=O) groups excluding carboxylic acids is 1. The van der Waals surface area contributed by atoms with Crippen molar-refractivity contribution >= 4 is 6.09 Å². The second-order valence-electron chi connectivity index (χ2n) is 7.23. The van der Waals surface area contributed by atoms with Crippen molar-refractivity contribution in [1.29, 1.82) is 0 Å². The van der Waals surface area contributed by atoms with E-state index in [-0.39, 0.29) is 11.6 Å². The highest BCUT2D eigenvalue weighted by molar-refractivity contribution is 5.71. The van der Waals surface area contributed by atoms with Gasteiger partial charge >= 0.3 is 6.09 Å². The van der Waals surface area contributed by atoms with Crippen LogP contribution >= 0.6 is 0 Å². The van der Waals surface area contributed by atoms with Crippen molar-refractivity contribution in [1.82, 2.24) is 24.6 Å². The van der Waals surface area contributed by atoms with Gasteiger partial charge in [0.05, 0.1) is 19.2 Å². The van der Waals surface area contributed by atoms with Crippen molar-refractivity contribution < 1.29 is 14.3 Å². The number of nitrogens with zero attached hydrogens (tertiary/aromatic N) is 5. The van der Waals surface area contributed by atoms with Crippen LogP contribution in [0.1, 0.15) is 24.5 Å². The molecule has 0 N–H and O–H groups in total. The van der Waals surface area contributed by atoms with Gasteiger partial charge in [0.25, 0.3) is 0 Å². The predicted molar refractivity (Wildman–Crippen MR) is 98.5 cm³/mol. The number of piperazine rings is 1. The SMILES string of the molecule is CCC12COC(=O)N1CCN(Cc1ccc(OC)c(Cn3cncn3)c1)C2. The zero-order valence-corrected chi connectivity index (χ0v) is 15.8. The first-order valence-electron chi connectivity index (χ1n) is 9.28. The predicted octanol–water partition coefficient (Wildman–Crippen LogP) is 1.75. The van der Waals surface area contributed by atoms with E-state index in [1.165, 1.54) is 11.9 Å². The summed E-state index contributed by atoms with van der Waals surface area (Å²) in [5.41, 5.74) is 2.10. The molecular formula is C19H25N5O3. The fourth-order valence-corrected chi connectivity index (χ4v) is 4.08. The minimum Gasteiger partial charge on any atom is -0.496 e. The number of hydrogen-bond donors (Lipinski definition) is 0. The number of amides is 1. The zero-order chi connectivity index (χ0) is 18.9. The Morgan fingerprint density at radius 1 is 1.30 bits per heavy atom. The highest BCUT2D eigenvalue weighted by Gasteiger charge is 2.49. The third kappa shape index (κ3) is 3.37. The van der Waals surface area contributed by atoms with Gasteiger partial charge in [0.1, 0.15) is 25.0 Å². The van der Waals surface area contributed by atoms with E-state index in [1.807, 2.05) is 11.0 Å². The molecular weight excluding hydrogens is 346 g/mol. The molecule has 1 atom stereocenters. The summed E-state index contributed by atoms with van der Waals surface area (Å²) >= 11 is 0. The number of cyclic esters (lactones) is 1. The standard InChI is InChI=1S/C19H25N5O3/c1-3-19-11-22(6-7-24(19)18(25)27-12-19)9-15-4-5-17(26-2)16(8-15)10-23-14-20-13-21-23/h4-5,8,13-14H,3,6-7,9-12H2,1-2H3. The van der Waals surface area contributed by atoms with E-state index in [0.717, 1.165) is 37.4 Å². The topological polar surface area (TPSA) is 72.7 Å². The quantitative estimate of drug-likeness (QED) is 0.770. The zero-order valence-electron chi connectivity index (χ0n) is 15.8. The number of ether oxygens (including phenoxy) is 2.